The van der Waals surface area contributed by atoms with Gasteiger partial charge in [-0.3, -0.25) is 0 Å². The summed E-state index contributed by atoms with van der Waals surface area (Å²) in [5.74, 6) is 0. The van der Waals surface area contributed by atoms with Crippen molar-refractivity contribution in [3.63, 3.8) is 0 Å². The summed E-state index contributed by atoms with van der Waals surface area (Å²) in [6.45, 7) is 0. The van der Waals surface area contributed by atoms with Gasteiger partial charge in [-0.2, -0.15) is 52.6 Å². The lowest BCUT2D eigenvalue weighted by Gasteiger charge is -2.16. The molecule has 0 atom stereocenters. The molecular weight excluding hydrogens is 1010 g/mol. The van der Waals surface area contributed by atoms with Gasteiger partial charge in [-0.05, 0) is 177 Å². The van der Waals surface area contributed by atoms with E-state index in [4.69, 9.17) is 0 Å². The zero-order chi connectivity index (χ0) is 56.8. The van der Waals surface area contributed by atoms with E-state index in [0.29, 0.717) is 145 Å². The van der Waals surface area contributed by atoms with Crippen molar-refractivity contribution in [2.75, 3.05) is 0 Å². The van der Waals surface area contributed by atoms with Gasteiger partial charge in [0.15, 0.2) is 0 Å². The minimum Gasteiger partial charge on any atom is -0.308 e. The Morgan fingerprint density at radius 3 is 0.610 bits per heavy atom. The third kappa shape index (κ3) is 8.44. The number of nitrogens with zero attached hydrogens (tertiary/aromatic N) is 12. The average Bonchev–Trinajstić information content (AvgIpc) is 4.05. The Kier molecular flexibility index (Phi) is 12.1. The van der Waals surface area contributed by atoms with E-state index in [1.807, 2.05) is 106 Å². The van der Waals surface area contributed by atoms with Crippen LogP contribution in [0.2, 0.25) is 0 Å². The molecular formula is C70H30N12. The van der Waals surface area contributed by atoms with E-state index in [1.165, 1.54) is 24.3 Å². The van der Waals surface area contributed by atoms with E-state index in [2.05, 4.69) is 60.7 Å². The van der Waals surface area contributed by atoms with Crippen LogP contribution in [0.25, 0.3) is 111 Å². The molecule has 0 N–H and O–H groups in total. The molecule has 82 heavy (non-hydrogen) atoms. The molecule has 0 amide bonds. The maximum atomic E-state index is 11.0. The van der Waals surface area contributed by atoms with Crippen molar-refractivity contribution in [2.24, 2.45) is 0 Å². The van der Waals surface area contributed by atoms with Crippen molar-refractivity contribution in [3.8, 4) is 128 Å². The van der Waals surface area contributed by atoms with Crippen LogP contribution in [0, 0.1) is 113 Å². The zero-order valence-corrected chi connectivity index (χ0v) is 42.7. The van der Waals surface area contributed by atoms with Gasteiger partial charge in [0.05, 0.1) is 138 Å². The molecule has 0 aliphatic carbocycles. The third-order valence-corrected chi connectivity index (χ3v) is 14.7. The summed E-state index contributed by atoms with van der Waals surface area (Å²) < 4.78 is 3.99. The van der Waals surface area contributed by atoms with E-state index >= 15 is 0 Å². The first-order valence-corrected chi connectivity index (χ1v) is 25.2. The molecule has 10 aromatic carbocycles. The molecule has 0 fully saturated rings. The van der Waals surface area contributed by atoms with Crippen molar-refractivity contribution in [3.05, 3.63) is 238 Å². The lowest BCUT2D eigenvalue weighted by molar-refractivity contribution is 1.16. The number of hydrogen-bond acceptors (Lipinski definition) is 10. The van der Waals surface area contributed by atoms with E-state index in [0.717, 1.165) is 21.5 Å². The maximum absolute atomic E-state index is 11.0. The van der Waals surface area contributed by atoms with Crippen molar-refractivity contribution in [1.82, 2.24) is 9.13 Å². The van der Waals surface area contributed by atoms with Crippen LogP contribution in [0.3, 0.4) is 0 Å². The van der Waals surface area contributed by atoms with Gasteiger partial charge in [-0.15, -0.1) is 0 Å². The number of rotatable bonds is 7. The highest BCUT2D eigenvalue weighted by molar-refractivity contribution is 6.13. The SMILES string of the molecule is N#Cc1cc(C#N)cc(-c2ccc3c4ccc(-c5cc(C#N)cc(C#N)c5)cc4n(-c4cc(-c5ccc(C#N)c(-n6c7cc(-c8cc(C#N)cc(C#N)c8)ccc7c7ccc(-c8cc(C#N)cc(C#N)c8)cc76)c5)ccc4C#N)c3c2)c1. The largest absolute Gasteiger partial charge is 0.308 e. The van der Waals surface area contributed by atoms with E-state index < -0.39 is 0 Å². The fourth-order valence-corrected chi connectivity index (χ4v) is 10.9. The molecule has 12 nitrogen and oxygen atoms in total. The van der Waals surface area contributed by atoms with Gasteiger partial charge in [-0.1, -0.05) is 60.7 Å². The molecule has 12 heteroatoms. The van der Waals surface area contributed by atoms with Crippen molar-refractivity contribution < 1.29 is 0 Å². The Labute approximate surface area is 468 Å². The van der Waals surface area contributed by atoms with E-state index in [-0.39, 0.29) is 0 Å². The number of aromatic nitrogens is 2. The third-order valence-electron chi connectivity index (χ3n) is 14.7. The summed E-state index contributed by atoms with van der Waals surface area (Å²) in [6, 6.07) is 76.5. The van der Waals surface area contributed by atoms with Crippen LogP contribution < -0.4 is 0 Å². The standard InChI is InChI=1S/C70H30N12/c71-31-41-13-42(32-72)18-57(17-41)51-5-9-61-62-10-6-52(58-19-43(33-73)14-44(20-58)34-74)28-68(62)81(67(61)27-51)65-25-49(1-3-55(65)39-79)50-2-4-56(40-80)66(26-50)82-69-29-53(59-21-45(35-75)15-46(22-59)36-76)7-11-63(69)64-12-8-54(30-70(64)82)60-23-47(37-77)16-48(24-60)38-78/h1-30H. The van der Waals surface area contributed by atoms with Gasteiger partial charge >= 0.3 is 0 Å². The van der Waals surface area contributed by atoms with Gasteiger partial charge in [0.2, 0.25) is 0 Å². The van der Waals surface area contributed by atoms with Gasteiger partial charge in [0.1, 0.15) is 12.1 Å². The van der Waals surface area contributed by atoms with Crippen LogP contribution in [0.15, 0.2) is 182 Å². The molecule has 12 aromatic rings. The second-order valence-electron chi connectivity index (χ2n) is 19.4. The first-order valence-electron chi connectivity index (χ1n) is 25.2. The highest BCUT2D eigenvalue weighted by Crippen LogP contribution is 2.42. The van der Waals surface area contributed by atoms with Gasteiger partial charge in [-0.25, -0.2) is 0 Å². The summed E-state index contributed by atoms with van der Waals surface area (Å²) in [6.07, 6.45) is 0. The summed E-state index contributed by atoms with van der Waals surface area (Å²) in [4.78, 5) is 0. The van der Waals surface area contributed by atoms with Crippen LogP contribution in [0.1, 0.15) is 55.6 Å². The maximum Gasteiger partial charge on any atom is 0.101 e. The van der Waals surface area contributed by atoms with Gasteiger partial charge in [0.25, 0.3) is 0 Å². The highest BCUT2D eigenvalue weighted by atomic mass is 15.0. The fraction of sp³-hybridized carbons (Fsp3) is 0. The summed E-state index contributed by atoms with van der Waals surface area (Å²) in [7, 11) is 0. The fourth-order valence-electron chi connectivity index (χ4n) is 10.9. The van der Waals surface area contributed by atoms with Gasteiger partial charge in [0, 0.05) is 21.5 Å². The Balaban J connectivity index is 1.11. The van der Waals surface area contributed by atoms with Crippen LogP contribution >= 0.6 is 0 Å². The quantitative estimate of drug-likeness (QED) is 0.146. The van der Waals surface area contributed by atoms with E-state index in [1.54, 1.807) is 60.7 Å². The monoisotopic (exact) mass is 1040 g/mol. The van der Waals surface area contributed by atoms with Crippen LogP contribution in [-0.2, 0) is 0 Å². The summed E-state index contributed by atoms with van der Waals surface area (Å²) >= 11 is 0. The Morgan fingerprint density at radius 1 is 0.195 bits per heavy atom. The lowest BCUT2D eigenvalue weighted by Crippen LogP contribution is -2.00. The number of benzene rings is 10. The highest BCUT2D eigenvalue weighted by Gasteiger charge is 2.22. The lowest BCUT2D eigenvalue weighted by atomic mass is 9.98. The van der Waals surface area contributed by atoms with Crippen molar-refractivity contribution in [1.29, 1.82) is 52.6 Å². The first-order chi connectivity index (χ1) is 40.1. The molecule has 0 spiro atoms. The minimum absolute atomic E-state index is 0.317. The Bertz CT molecular complexity index is 4580. The topological polar surface area (TPSA) is 248 Å². The summed E-state index contributed by atoms with van der Waals surface area (Å²) in [5, 5.41) is 105. The Hall–Kier alpha value is -13.3. The van der Waals surface area contributed by atoms with E-state index in [9.17, 15) is 52.6 Å². The predicted molar refractivity (Wildman–Crippen MR) is 309 cm³/mol. The molecule has 2 aromatic heterocycles. The molecule has 2 heterocycles. The van der Waals surface area contributed by atoms with Crippen LogP contribution in [0.5, 0.6) is 0 Å². The van der Waals surface area contributed by atoms with Crippen LogP contribution in [-0.4, -0.2) is 9.13 Å². The first kappa shape index (κ1) is 49.6. The van der Waals surface area contributed by atoms with Crippen molar-refractivity contribution >= 4 is 43.6 Å². The second kappa shape index (κ2) is 20.0. The molecule has 0 saturated carbocycles. The minimum atomic E-state index is 0.317. The predicted octanol–water partition coefficient (Wildman–Crippen LogP) is 14.9. The average molecular weight is 1040 g/mol. The van der Waals surface area contributed by atoms with Gasteiger partial charge < -0.3 is 9.13 Å². The molecule has 0 saturated heterocycles. The van der Waals surface area contributed by atoms with Crippen molar-refractivity contribution in [2.45, 2.75) is 0 Å². The number of fused-ring (bicyclic) bond motifs is 6. The molecule has 0 aliphatic heterocycles. The molecule has 370 valence electrons. The summed E-state index contributed by atoms with van der Waals surface area (Å²) in [5.41, 5.74) is 13.8. The normalized spacial score (nSPS) is 10.6. The van der Waals surface area contributed by atoms with Crippen LogP contribution in [0.4, 0.5) is 0 Å². The number of nitriles is 10. The molecule has 0 unspecified atom stereocenters. The molecule has 0 aliphatic rings. The zero-order valence-electron chi connectivity index (χ0n) is 42.7. The smallest absolute Gasteiger partial charge is 0.101 e. The Morgan fingerprint density at radius 2 is 0.402 bits per heavy atom. The number of hydrogen-bond donors (Lipinski definition) is 0. The molecule has 0 bridgehead atoms. The molecule has 0 radical (unpaired) electrons. The second-order valence-corrected chi connectivity index (χ2v) is 19.4. The molecule has 12 rings (SSSR count).